The molecule has 6 heteroatoms. The molecule has 0 atom stereocenters. The molecule has 1 N–H and O–H groups in total. The average molecular weight is 348 g/mol. The Morgan fingerprint density at radius 3 is 2.50 bits per heavy atom. The summed E-state index contributed by atoms with van der Waals surface area (Å²) in [5, 5.41) is 13.1. The zero-order valence-electron chi connectivity index (χ0n) is 13.6. The van der Waals surface area contributed by atoms with E-state index in [2.05, 4.69) is 0 Å². The van der Waals surface area contributed by atoms with Gasteiger partial charge < -0.3 is 19.3 Å². The second-order valence-electron chi connectivity index (χ2n) is 4.74. The minimum absolute atomic E-state index is 0.105. The van der Waals surface area contributed by atoms with Crippen LogP contribution in [0.3, 0.4) is 0 Å². The molecule has 128 valence electrons. The highest BCUT2D eigenvalue weighted by atomic mass is 32.1. The van der Waals surface area contributed by atoms with Gasteiger partial charge in [0.25, 0.3) is 0 Å². The standard InChI is InChI=1S/C18H20O5S/c1-3-21-18(22-4-2)16(11-17(19)20)23-15-8-6-5-7-14(15)13-9-10-24-12-13/h5-12,18H,3-4H2,1-2H3,(H,19,20). The molecule has 0 saturated heterocycles. The van der Waals surface area contributed by atoms with Crippen LogP contribution in [0.1, 0.15) is 13.8 Å². The van der Waals surface area contributed by atoms with Gasteiger partial charge in [-0.3, -0.25) is 0 Å². The number of hydrogen-bond acceptors (Lipinski definition) is 5. The van der Waals surface area contributed by atoms with Crippen LogP contribution in [-0.2, 0) is 14.3 Å². The van der Waals surface area contributed by atoms with E-state index in [4.69, 9.17) is 19.3 Å². The molecular weight excluding hydrogens is 328 g/mol. The van der Waals surface area contributed by atoms with Crippen LogP contribution in [0, 0.1) is 0 Å². The van der Waals surface area contributed by atoms with Gasteiger partial charge in [-0.1, -0.05) is 18.2 Å². The quantitative estimate of drug-likeness (QED) is 0.419. The topological polar surface area (TPSA) is 65.0 Å². The highest BCUT2D eigenvalue weighted by Gasteiger charge is 2.20. The predicted molar refractivity (Wildman–Crippen MR) is 93.1 cm³/mol. The molecule has 1 aromatic carbocycles. The monoisotopic (exact) mass is 348 g/mol. The van der Waals surface area contributed by atoms with E-state index in [0.717, 1.165) is 17.2 Å². The summed E-state index contributed by atoms with van der Waals surface area (Å²) < 4.78 is 16.8. The molecule has 0 aliphatic rings. The van der Waals surface area contributed by atoms with Crippen LogP contribution in [0.2, 0.25) is 0 Å². The molecule has 1 heterocycles. The summed E-state index contributed by atoms with van der Waals surface area (Å²) in [4.78, 5) is 11.2. The summed E-state index contributed by atoms with van der Waals surface area (Å²) in [5.41, 5.74) is 1.89. The van der Waals surface area contributed by atoms with Gasteiger partial charge in [-0.15, -0.1) is 0 Å². The molecule has 0 bridgehead atoms. The molecular formula is C18H20O5S. The van der Waals surface area contributed by atoms with Crippen LogP contribution in [0.25, 0.3) is 11.1 Å². The maximum atomic E-state index is 11.2. The summed E-state index contributed by atoms with van der Waals surface area (Å²) >= 11 is 1.58. The van der Waals surface area contributed by atoms with Gasteiger partial charge in [0, 0.05) is 18.8 Å². The number of carbonyl (C=O) groups is 1. The largest absolute Gasteiger partial charge is 0.478 e. The first-order chi connectivity index (χ1) is 11.7. The molecule has 24 heavy (non-hydrogen) atoms. The van der Waals surface area contributed by atoms with Crippen molar-refractivity contribution >= 4 is 17.3 Å². The molecule has 0 radical (unpaired) electrons. The number of hydrogen-bond donors (Lipinski definition) is 1. The van der Waals surface area contributed by atoms with Gasteiger partial charge in [0.15, 0.2) is 5.76 Å². The number of carboxylic acids is 1. The lowest BCUT2D eigenvalue weighted by Crippen LogP contribution is -2.24. The average Bonchev–Trinajstić information content (AvgIpc) is 3.08. The van der Waals surface area contributed by atoms with Crippen LogP contribution < -0.4 is 4.74 Å². The van der Waals surface area contributed by atoms with Crippen molar-refractivity contribution in [3.05, 3.63) is 52.9 Å². The second-order valence-corrected chi connectivity index (χ2v) is 5.52. The predicted octanol–water partition coefficient (Wildman–Crippen LogP) is 4.16. The smallest absolute Gasteiger partial charge is 0.331 e. The van der Waals surface area contributed by atoms with E-state index in [1.807, 2.05) is 48.9 Å². The molecule has 5 nitrogen and oxygen atoms in total. The first kappa shape index (κ1) is 18.2. The van der Waals surface area contributed by atoms with E-state index in [-0.39, 0.29) is 5.76 Å². The fourth-order valence-electron chi connectivity index (χ4n) is 2.12. The SMILES string of the molecule is CCOC(OCC)C(=CC(=O)O)Oc1ccccc1-c1ccsc1. The molecule has 0 aliphatic carbocycles. The highest BCUT2D eigenvalue weighted by molar-refractivity contribution is 7.08. The van der Waals surface area contributed by atoms with Gasteiger partial charge in [0.2, 0.25) is 6.29 Å². The van der Waals surface area contributed by atoms with Crippen molar-refractivity contribution in [3.63, 3.8) is 0 Å². The van der Waals surface area contributed by atoms with Gasteiger partial charge in [0.1, 0.15) is 5.75 Å². The van der Waals surface area contributed by atoms with E-state index < -0.39 is 12.3 Å². The van der Waals surface area contributed by atoms with E-state index in [1.165, 1.54) is 0 Å². The fourth-order valence-corrected chi connectivity index (χ4v) is 2.78. The van der Waals surface area contributed by atoms with Crippen molar-refractivity contribution in [1.29, 1.82) is 0 Å². The lowest BCUT2D eigenvalue weighted by atomic mass is 10.1. The van der Waals surface area contributed by atoms with Crippen molar-refractivity contribution in [2.45, 2.75) is 20.1 Å². The Morgan fingerprint density at radius 2 is 1.92 bits per heavy atom. The molecule has 0 saturated carbocycles. The number of para-hydroxylation sites is 1. The molecule has 2 rings (SSSR count). The van der Waals surface area contributed by atoms with Gasteiger partial charge >= 0.3 is 5.97 Å². The highest BCUT2D eigenvalue weighted by Crippen LogP contribution is 2.33. The van der Waals surface area contributed by atoms with Gasteiger partial charge in [0.05, 0.1) is 6.08 Å². The molecule has 0 fully saturated rings. The van der Waals surface area contributed by atoms with Crippen LogP contribution in [0.5, 0.6) is 5.75 Å². The van der Waals surface area contributed by atoms with E-state index in [0.29, 0.717) is 19.0 Å². The van der Waals surface area contributed by atoms with E-state index in [9.17, 15) is 4.79 Å². The second kappa shape index (κ2) is 9.22. The van der Waals surface area contributed by atoms with Crippen LogP contribution >= 0.6 is 11.3 Å². The zero-order chi connectivity index (χ0) is 17.4. The van der Waals surface area contributed by atoms with Crippen molar-refractivity contribution in [3.8, 4) is 16.9 Å². The van der Waals surface area contributed by atoms with Crippen LogP contribution in [-0.4, -0.2) is 30.6 Å². The van der Waals surface area contributed by atoms with Crippen molar-refractivity contribution < 1.29 is 24.1 Å². The summed E-state index contributed by atoms with van der Waals surface area (Å²) in [5.74, 6) is -0.468. The summed E-state index contributed by atoms with van der Waals surface area (Å²) in [6.07, 6.45) is 0.104. The first-order valence-corrected chi connectivity index (χ1v) is 8.57. The molecule has 2 aromatic rings. The Labute approximate surface area is 145 Å². The maximum Gasteiger partial charge on any atom is 0.331 e. The normalized spacial score (nSPS) is 11.7. The third-order valence-electron chi connectivity index (χ3n) is 3.08. The number of rotatable bonds is 9. The van der Waals surface area contributed by atoms with Gasteiger partial charge in [-0.25, -0.2) is 4.79 Å². The molecule has 1 aromatic heterocycles. The number of aliphatic carboxylic acids is 1. The van der Waals surface area contributed by atoms with E-state index in [1.54, 1.807) is 17.4 Å². The number of thiophene rings is 1. The number of carboxylic acid groups (broad SMARTS) is 1. The van der Waals surface area contributed by atoms with Gasteiger partial charge in [-0.2, -0.15) is 11.3 Å². The summed E-state index contributed by atoms with van der Waals surface area (Å²) in [6, 6.07) is 9.43. The Balaban J connectivity index is 2.35. The van der Waals surface area contributed by atoms with Crippen molar-refractivity contribution in [1.82, 2.24) is 0 Å². The lowest BCUT2D eigenvalue weighted by Gasteiger charge is -2.21. The van der Waals surface area contributed by atoms with Crippen LogP contribution in [0.15, 0.2) is 52.9 Å². The Kier molecular flexibility index (Phi) is 6.99. The third kappa shape index (κ3) is 4.92. The molecule has 0 amide bonds. The Morgan fingerprint density at radius 1 is 1.21 bits per heavy atom. The Hall–Kier alpha value is -2.15. The summed E-state index contributed by atoms with van der Waals surface area (Å²) in [7, 11) is 0. The lowest BCUT2D eigenvalue weighted by molar-refractivity contribution is -0.136. The summed E-state index contributed by atoms with van der Waals surface area (Å²) in [6.45, 7) is 4.36. The van der Waals surface area contributed by atoms with Gasteiger partial charge in [-0.05, 0) is 42.3 Å². The molecule has 0 unspecified atom stereocenters. The van der Waals surface area contributed by atoms with E-state index >= 15 is 0 Å². The third-order valence-corrected chi connectivity index (χ3v) is 3.76. The fraction of sp³-hybridized carbons (Fsp3) is 0.278. The molecule has 0 aliphatic heterocycles. The zero-order valence-corrected chi connectivity index (χ0v) is 14.4. The Bertz CT molecular complexity index is 672. The number of benzene rings is 1. The maximum absolute atomic E-state index is 11.2. The molecule has 0 spiro atoms. The van der Waals surface area contributed by atoms with Crippen LogP contribution in [0.4, 0.5) is 0 Å². The first-order valence-electron chi connectivity index (χ1n) is 7.62. The van der Waals surface area contributed by atoms with Crippen molar-refractivity contribution in [2.75, 3.05) is 13.2 Å². The minimum Gasteiger partial charge on any atom is -0.478 e. The number of ether oxygens (including phenoxy) is 3. The minimum atomic E-state index is -1.12. The van der Waals surface area contributed by atoms with Crippen molar-refractivity contribution in [2.24, 2.45) is 0 Å².